The Kier molecular flexibility index (Phi) is 9.15. The molecule has 2 aliphatic rings. The average Bonchev–Trinajstić information content (AvgIpc) is 3.73. The minimum absolute atomic E-state index is 0.00688. The van der Waals surface area contributed by atoms with Gasteiger partial charge in [-0.25, -0.2) is 28.9 Å². The fourth-order valence-electron chi connectivity index (χ4n) is 5.03. The summed E-state index contributed by atoms with van der Waals surface area (Å²) < 4.78 is 53.5. The highest BCUT2D eigenvalue weighted by Crippen LogP contribution is 2.54. The van der Waals surface area contributed by atoms with E-state index in [0.29, 0.717) is 0 Å². The zero-order chi connectivity index (χ0) is 32.2. The second kappa shape index (κ2) is 12.7. The highest BCUT2D eigenvalue weighted by molar-refractivity contribution is 8.54. The van der Waals surface area contributed by atoms with Crippen LogP contribution in [-0.4, -0.2) is 103 Å². The van der Waals surface area contributed by atoms with Crippen LogP contribution in [0.3, 0.4) is 0 Å². The number of phosphoric acid groups is 1. The molecular formula is C20H24FN10O9P2S3+. The van der Waals surface area contributed by atoms with Crippen molar-refractivity contribution in [2.24, 2.45) is 0 Å². The summed E-state index contributed by atoms with van der Waals surface area (Å²) in [7, 11) is -5.05. The van der Waals surface area contributed by atoms with Gasteiger partial charge in [-0.15, -0.1) is 16.3 Å². The molecule has 4 aromatic heterocycles. The van der Waals surface area contributed by atoms with Crippen LogP contribution in [0.5, 0.6) is 0 Å². The number of hydrogen-bond donors (Lipinski definition) is 7. The summed E-state index contributed by atoms with van der Waals surface area (Å²) >= 11 is 10.0. The number of aromatic amines is 1. The van der Waals surface area contributed by atoms with Crippen molar-refractivity contribution in [1.82, 2.24) is 39.0 Å². The maximum absolute atomic E-state index is 15.8. The molecule has 2 fully saturated rings. The number of ether oxygens (including phenoxy) is 1. The number of nitrogen functional groups attached to an aromatic ring is 2. The lowest BCUT2D eigenvalue weighted by Gasteiger charge is -2.25. The number of aromatic nitrogens is 8. The molecule has 25 heteroatoms. The summed E-state index contributed by atoms with van der Waals surface area (Å²) in [4.78, 5) is 45.4. The number of anilines is 2. The Balaban J connectivity index is 1.22. The summed E-state index contributed by atoms with van der Waals surface area (Å²) in [5.41, 5.74) is 11.2. The molecule has 2 aliphatic heterocycles. The van der Waals surface area contributed by atoms with Crippen molar-refractivity contribution in [3.63, 3.8) is 0 Å². The standard InChI is InChI=1S/C20H23FN10O9P2S3/c21-8-12(39-41(43)44)6(38-18(8)30-4-26-9-14(22)24-3-25-15(9)30)2-37-42(35,36)40-13-11(33)7(1-32)45-19(13)31-5-27-10-16(31)28-20(23)29-17(10)34/h3-8,11-13,18-19,32-33H,1-2H2,(H6-,22,23,24,25,28,29,34,35,36,43,44)/p+1/t6-,7-,8?,11-,12?,13-,18-,19-/m1/s1. The van der Waals surface area contributed by atoms with Gasteiger partial charge in [0, 0.05) is 0 Å². The Morgan fingerprint density at radius 2 is 1.93 bits per heavy atom. The number of aliphatic hydroxyl groups is 2. The molecule has 6 rings (SSSR count). The maximum Gasteiger partial charge on any atom is 0.472 e. The highest BCUT2D eigenvalue weighted by atomic mass is 32.9. The summed E-state index contributed by atoms with van der Waals surface area (Å²) in [6.07, 6.45) is -7.11. The predicted molar refractivity (Wildman–Crippen MR) is 163 cm³/mol. The van der Waals surface area contributed by atoms with Gasteiger partial charge < -0.3 is 31.3 Å². The third kappa shape index (κ3) is 6.20. The molecule has 0 radical (unpaired) electrons. The van der Waals surface area contributed by atoms with Crippen molar-refractivity contribution in [3.05, 3.63) is 29.3 Å². The van der Waals surface area contributed by atoms with Crippen LogP contribution in [0.15, 0.2) is 23.8 Å². The summed E-state index contributed by atoms with van der Waals surface area (Å²) in [6.45, 7) is -1.25. The van der Waals surface area contributed by atoms with E-state index in [2.05, 4.69) is 42.2 Å². The third-order valence-electron chi connectivity index (χ3n) is 7.01. The summed E-state index contributed by atoms with van der Waals surface area (Å²) in [6, 6.07) is 0. The molecule has 0 amide bonds. The number of imidazole rings is 2. The van der Waals surface area contributed by atoms with E-state index in [1.165, 1.54) is 28.1 Å². The monoisotopic (exact) mass is 725 g/mol. The number of hydrogen-bond acceptors (Lipinski definition) is 17. The number of nitrogens with one attached hydrogen (secondary N) is 1. The van der Waals surface area contributed by atoms with E-state index >= 15 is 4.39 Å². The average molecular weight is 726 g/mol. The van der Waals surface area contributed by atoms with Crippen LogP contribution < -0.4 is 17.0 Å². The van der Waals surface area contributed by atoms with Crippen LogP contribution in [0.2, 0.25) is 0 Å². The van der Waals surface area contributed by atoms with Crippen LogP contribution in [0.25, 0.3) is 22.3 Å². The van der Waals surface area contributed by atoms with E-state index in [1.807, 2.05) is 0 Å². The molecule has 10 atom stereocenters. The van der Waals surface area contributed by atoms with Gasteiger partial charge in [-0.3, -0.25) is 28.0 Å². The second-order valence-corrected chi connectivity index (χ2v) is 16.1. The van der Waals surface area contributed by atoms with Crippen LogP contribution >= 0.6 is 38.0 Å². The number of fused-ring (bicyclic) bond motifs is 2. The van der Waals surface area contributed by atoms with E-state index in [4.69, 9.17) is 41.6 Å². The van der Waals surface area contributed by atoms with E-state index in [9.17, 15) is 24.5 Å². The fraction of sp³-hybridized carbons (Fsp3) is 0.500. The van der Waals surface area contributed by atoms with Gasteiger partial charge in [0.1, 0.15) is 41.7 Å². The normalized spacial score (nSPS) is 30.3. The minimum atomic E-state index is -5.05. The number of thiol groups is 1. The topological polar surface area (TPSA) is 274 Å². The van der Waals surface area contributed by atoms with Gasteiger partial charge in [-0.2, -0.15) is 4.98 Å². The Hall–Kier alpha value is -2.40. The molecule has 8 N–H and O–H groups in total. The molecule has 0 aliphatic carbocycles. The molecule has 4 aromatic rings. The van der Waals surface area contributed by atoms with Gasteiger partial charge in [-0.1, -0.05) is 0 Å². The summed E-state index contributed by atoms with van der Waals surface area (Å²) in [5, 5.41) is 18.8. The quantitative estimate of drug-likeness (QED) is 0.0831. The fourth-order valence-corrected chi connectivity index (χ4v) is 8.55. The highest BCUT2D eigenvalue weighted by Gasteiger charge is 2.53. The number of nitrogens with two attached hydrogens (primary N) is 2. The van der Waals surface area contributed by atoms with Crippen molar-refractivity contribution < 1.29 is 42.4 Å². The molecule has 19 nitrogen and oxygen atoms in total. The van der Waals surface area contributed by atoms with E-state index in [1.54, 1.807) is 0 Å². The first-order chi connectivity index (χ1) is 21.4. The Morgan fingerprint density at radius 3 is 2.67 bits per heavy atom. The first-order valence-electron chi connectivity index (χ1n) is 12.8. The zero-order valence-electron chi connectivity index (χ0n) is 22.4. The molecule has 0 bridgehead atoms. The summed E-state index contributed by atoms with van der Waals surface area (Å²) in [5.74, 6) is -0.155. The Bertz CT molecular complexity index is 1870. The Labute approximate surface area is 266 Å². The van der Waals surface area contributed by atoms with Gasteiger partial charge in [-0.05, 0) is 0 Å². The lowest BCUT2D eigenvalue weighted by atomic mass is 10.1. The van der Waals surface area contributed by atoms with E-state index in [-0.39, 0.29) is 34.1 Å². The van der Waals surface area contributed by atoms with Crippen LogP contribution in [0, 0.1) is 0 Å². The van der Waals surface area contributed by atoms with Crippen molar-refractivity contribution in [2.75, 3.05) is 24.7 Å². The van der Waals surface area contributed by atoms with Crippen LogP contribution in [0.1, 0.15) is 11.6 Å². The molecule has 0 saturated carbocycles. The predicted octanol–water partition coefficient (Wildman–Crippen LogP) is -0.0824. The first kappa shape index (κ1) is 32.5. The van der Waals surface area contributed by atoms with Gasteiger partial charge in [0.05, 0.1) is 37.2 Å². The SMILES string of the molecule is Nc1nc2c(ncn2[C@@H]2S[C@H](CO)[C@@H](O)[C@H]2OP(=O)(O)OC[C@H]2O[C@@H](n3cnc4c(N)ncnc43)C(F)C2O[P+](=S)S)c(=O)[nH]1. The molecule has 2 saturated heterocycles. The lowest BCUT2D eigenvalue weighted by molar-refractivity contribution is -0.0492. The number of rotatable bonds is 10. The molecular weight excluding hydrogens is 701 g/mol. The minimum Gasteiger partial charge on any atom is -0.395 e. The van der Waals surface area contributed by atoms with Crippen molar-refractivity contribution in [3.8, 4) is 0 Å². The van der Waals surface area contributed by atoms with Crippen molar-refractivity contribution in [2.45, 2.75) is 47.4 Å². The van der Waals surface area contributed by atoms with Crippen LogP contribution in [-0.2, 0) is 34.7 Å². The number of aliphatic hydroxyl groups excluding tert-OH is 2. The number of halogens is 1. The van der Waals surface area contributed by atoms with E-state index in [0.717, 1.165) is 11.8 Å². The third-order valence-corrected chi connectivity index (χ3v) is 10.5. The second-order valence-electron chi connectivity index (χ2n) is 9.75. The lowest BCUT2D eigenvalue weighted by Crippen LogP contribution is -2.35. The molecule has 6 heterocycles. The van der Waals surface area contributed by atoms with Gasteiger partial charge in [0.25, 0.3) is 5.56 Å². The van der Waals surface area contributed by atoms with Crippen molar-refractivity contribution >= 4 is 83.9 Å². The van der Waals surface area contributed by atoms with Crippen molar-refractivity contribution in [1.29, 1.82) is 0 Å². The number of alkyl halides is 1. The van der Waals surface area contributed by atoms with Gasteiger partial charge >= 0.3 is 13.9 Å². The smallest absolute Gasteiger partial charge is 0.395 e. The largest absolute Gasteiger partial charge is 0.472 e. The van der Waals surface area contributed by atoms with E-state index < -0.39 is 80.2 Å². The molecule has 45 heavy (non-hydrogen) atoms. The van der Waals surface area contributed by atoms with Gasteiger partial charge in [0.15, 0.2) is 41.1 Å². The number of H-pyrrole nitrogens is 1. The zero-order valence-corrected chi connectivity index (χ0v) is 26.7. The van der Waals surface area contributed by atoms with Gasteiger partial charge in [0.2, 0.25) is 17.8 Å². The molecule has 0 aromatic carbocycles. The number of phosphoric ester groups is 1. The van der Waals surface area contributed by atoms with Crippen LogP contribution in [0.4, 0.5) is 16.2 Å². The Morgan fingerprint density at radius 1 is 1.20 bits per heavy atom. The number of nitrogens with zero attached hydrogens (tertiary/aromatic N) is 7. The molecule has 242 valence electrons. The maximum atomic E-state index is 15.8. The molecule has 4 unspecified atom stereocenters. The first-order valence-corrected chi connectivity index (χ1v) is 18.6. The molecule has 0 spiro atoms. The number of thioether (sulfide) groups is 1.